The number of nitrogens with one attached hydrogen (secondary N) is 1. The number of rotatable bonds is 2. The van der Waals surface area contributed by atoms with Gasteiger partial charge in [-0.2, -0.15) is 0 Å². The molecule has 0 saturated carbocycles. The van der Waals surface area contributed by atoms with Crippen LogP contribution >= 0.6 is 34.0 Å². The quantitative estimate of drug-likeness (QED) is 0.896. The van der Waals surface area contributed by atoms with Crippen molar-refractivity contribution >= 4 is 34.0 Å². The van der Waals surface area contributed by atoms with Crippen molar-refractivity contribution < 1.29 is 0 Å². The number of halogens is 2. The molecular weight excluding hydrogens is 322 g/mol. The molecule has 1 aromatic rings. The standard InChI is InChI=1S/C10H17N3.2BrH/c1-13-4-2-9(3-5-13)6-10-7-11-8-12-10;;/h7-9H,2-6H2,1H3,(H,11,12);2*1H. The van der Waals surface area contributed by atoms with Gasteiger partial charge in [-0.15, -0.1) is 34.0 Å². The normalized spacial score (nSPS) is 17.9. The van der Waals surface area contributed by atoms with Crippen molar-refractivity contribution in [2.24, 2.45) is 5.92 Å². The van der Waals surface area contributed by atoms with Gasteiger partial charge in [0.15, 0.2) is 0 Å². The third-order valence-corrected chi connectivity index (χ3v) is 2.90. The summed E-state index contributed by atoms with van der Waals surface area (Å²) in [5, 5.41) is 0. The zero-order valence-corrected chi connectivity index (χ0v) is 12.4. The highest BCUT2D eigenvalue weighted by Crippen LogP contribution is 2.19. The van der Waals surface area contributed by atoms with Crippen molar-refractivity contribution in [3.8, 4) is 0 Å². The number of hydrogen-bond donors (Lipinski definition) is 1. The summed E-state index contributed by atoms with van der Waals surface area (Å²) in [5.41, 5.74) is 1.29. The first-order chi connectivity index (χ1) is 6.34. The monoisotopic (exact) mass is 339 g/mol. The van der Waals surface area contributed by atoms with E-state index in [1.807, 2.05) is 6.20 Å². The highest BCUT2D eigenvalue weighted by molar-refractivity contribution is 8.93. The molecule has 0 amide bonds. The minimum atomic E-state index is 0. The summed E-state index contributed by atoms with van der Waals surface area (Å²) in [4.78, 5) is 9.61. The van der Waals surface area contributed by atoms with Gasteiger partial charge in [0.1, 0.15) is 0 Å². The topological polar surface area (TPSA) is 31.9 Å². The molecule has 5 heteroatoms. The van der Waals surface area contributed by atoms with Crippen LogP contribution in [0.2, 0.25) is 0 Å². The van der Waals surface area contributed by atoms with E-state index < -0.39 is 0 Å². The summed E-state index contributed by atoms with van der Waals surface area (Å²) in [6.45, 7) is 2.50. The molecule has 3 nitrogen and oxygen atoms in total. The molecule has 0 aliphatic carbocycles. The van der Waals surface area contributed by atoms with E-state index in [1.165, 1.54) is 38.0 Å². The second kappa shape index (κ2) is 7.41. The van der Waals surface area contributed by atoms with Gasteiger partial charge in [-0.1, -0.05) is 0 Å². The van der Waals surface area contributed by atoms with Crippen molar-refractivity contribution in [1.82, 2.24) is 14.9 Å². The number of imidazole rings is 1. The van der Waals surface area contributed by atoms with Crippen LogP contribution in [0.3, 0.4) is 0 Å². The van der Waals surface area contributed by atoms with Crippen molar-refractivity contribution in [2.75, 3.05) is 20.1 Å². The molecule has 1 aromatic heterocycles. The molecule has 2 rings (SSSR count). The zero-order valence-electron chi connectivity index (χ0n) is 8.98. The number of hydrogen-bond acceptors (Lipinski definition) is 2. The van der Waals surface area contributed by atoms with E-state index >= 15 is 0 Å². The van der Waals surface area contributed by atoms with Crippen molar-refractivity contribution in [2.45, 2.75) is 19.3 Å². The molecule has 88 valence electrons. The minimum absolute atomic E-state index is 0. The first-order valence-electron chi connectivity index (χ1n) is 5.00. The van der Waals surface area contributed by atoms with Crippen molar-refractivity contribution in [3.05, 3.63) is 18.2 Å². The van der Waals surface area contributed by atoms with E-state index in [1.54, 1.807) is 6.33 Å². The van der Waals surface area contributed by atoms with Gasteiger partial charge in [0.2, 0.25) is 0 Å². The molecule has 1 aliphatic heterocycles. The molecule has 0 spiro atoms. The Morgan fingerprint density at radius 1 is 1.40 bits per heavy atom. The number of likely N-dealkylation sites (tertiary alicyclic amines) is 1. The van der Waals surface area contributed by atoms with E-state index in [0.717, 1.165) is 5.92 Å². The van der Waals surface area contributed by atoms with Crippen molar-refractivity contribution in [3.63, 3.8) is 0 Å². The van der Waals surface area contributed by atoms with Crippen LogP contribution in [0.15, 0.2) is 12.5 Å². The Morgan fingerprint density at radius 2 is 2.07 bits per heavy atom. The fourth-order valence-corrected chi connectivity index (χ4v) is 1.97. The van der Waals surface area contributed by atoms with Crippen LogP contribution in [-0.4, -0.2) is 35.0 Å². The summed E-state index contributed by atoms with van der Waals surface area (Å²) in [6, 6.07) is 0. The molecule has 1 aliphatic rings. The average molecular weight is 341 g/mol. The van der Waals surface area contributed by atoms with Crippen LogP contribution in [-0.2, 0) is 6.42 Å². The van der Waals surface area contributed by atoms with Crippen LogP contribution in [0.1, 0.15) is 18.5 Å². The maximum absolute atomic E-state index is 4.04. The molecule has 1 fully saturated rings. The molecule has 0 radical (unpaired) electrons. The van der Waals surface area contributed by atoms with E-state index in [4.69, 9.17) is 0 Å². The van der Waals surface area contributed by atoms with Gasteiger partial charge in [0, 0.05) is 11.9 Å². The Hall–Kier alpha value is 0.130. The van der Waals surface area contributed by atoms with Crippen LogP contribution in [0.4, 0.5) is 0 Å². The van der Waals surface area contributed by atoms with Gasteiger partial charge in [-0.3, -0.25) is 0 Å². The van der Waals surface area contributed by atoms with E-state index in [-0.39, 0.29) is 34.0 Å². The smallest absolute Gasteiger partial charge is 0.0921 e. The fourth-order valence-electron chi connectivity index (χ4n) is 1.97. The summed E-state index contributed by atoms with van der Waals surface area (Å²) < 4.78 is 0. The molecule has 2 heterocycles. The number of H-pyrrole nitrogens is 1. The Bertz CT molecular complexity index is 243. The molecule has 0 aromatic carbocycles. The van der Waals surface area contributed by atoms with Crippen molar-refractivity contribution in [1.29, 1.82) is 0 Å². The second-order valence-electron chi connectivity index (χ2n) is 4.03. The summed E-state index contributed by atoms with van der Waals surface area (Å²) in [5.74, 6) is 0.858. The molecule has 0 atom stereocenters. The number of nitrogens with zero attached hydrogens (tertiary/aromatic N) is 2. The predicted molar refractivity (Wildman–Crippen MR) is 73.2 cm³/mol. The Balaban J connectivity index is 0.000000980. The van der Waals surface area contributed by atoms with Gasteiger partial charge >= 0.3 is 0 Å². The van der Waals surface area contributed by atoms with Crippen LogP contribution < -0.4 is 0 Å². The fraction of sp³-hybridized carbons (Fsp3) is 0.700. The largest absolute Gasteiger partial charge is 0.348 e. The lowest BCUT2D eigenvalue weighted by atomic mass is 9.93. The van der Waals surface area contributed by atoms with Gasteiger partial charge in [-0.05, 0) is 45.3 Å². The van der Waals surface area contributed by atoms with Gasteiger partial charge in [0.25, 0.3) is 0 Å². The Labute approximate surface area is 112 Å². The van der Waals surface area contributed by atoms with E-state index in [9.17, 15) is 0 Å². The molecular formula is C10H19Br2N3. The zero-order chi connectivity index (χ0) is 9.10. The van der Waals surface area contributed by atoms with Crippen LogP contribution in [0.5, 0.6) is 0 Å². The molecule has 15 heavy (non-hydrogen) atoms. The van der Waals surface area contributed by atoms with E-state index in [2.05, 4.69) is 21.9 Å². The van der Waals surface area contributed by atoms with Gasteiger partial charge in [0.05, 0.1) is 6.33 Å². The SMILES string of the molecule is Br.Br.CN1CCC(Cc2cnc[nH]2)CC1. The summed E-state index contributed by atoms with van der Waals surface area (Å²) in [7, 11) is 2.20. The van der Waals surface area contributed by atoms with Crippen LogP contribution in [0, 0.1) is 5.92 Å². The third kappa shape index (κ3) is 4.66. The maximum atomic E-state index is 4.04. The predicted octanol–water partition coefficient (Wildman–Crippen LogP) is 2.45. The van der Waals surface area contributed by atoms with Crippen LogP contribution in [0.25, 0.3) is 0 Å². The first-order valence-corrected chi connectivity index (χ1v) is 5.00. The molecule has 1 saturated heterocycles. The number of aromatic nitrogens is 2. The average Bonchev–Trinajstić information content (AvgIpc) is 2.62. The molecule has 0 bridgehead atoms. The molecule has 1 N–H and O–H groups in total. The lowest BCUT2D eigenvalue weighted by Gasteiger charge is -2.28. The molecule has 0 unspecified atom stereocenters. The summed E-state index contributed by atoms with van der Waals surface area (Å²) >= 11 is 0. The van der Waals surface area contributed by atoms with Gasteiger partial charge < -0.3 is 9.88 Å². The first kappa shape index (κ1) is 15.1. The second-order valence-corrected chi connectivity index (χ2v) is 4.03. The third-order valence-electron chi connectivity index (χ3n) is 2.90. The lowest BCUT2D eigenvalue weighted by Crippen LogP contribution is -2.30. The summed E-state index contributed by atoms with van der Waals surface area (Å²) in [6.07, 6.45) is 7.54. The Kier molecular flexibility index (Phi) is 7.48. The highest BCUT2D eigenvalue weighted by Gasteiger charge is 2.16. The van der Waals surface area contributed by atoms with Gasteiger partial charge in [-0.25, -0.2) is 4.98 Å². The number of aromatic amines is 1. The van der Waals surface area contributed by atoms with E-state index in [0.29, 0.717) is 0 Å². The lowest BCUT2D eigenvalue weighted by molar-refractivity contribution is 0.218. The number of piperidine rings is 1. The maximum Gasteiger partial charge on any atom is 0.0921 e. The minimum Gasteiger partial charge on any atom is -0.348 e. The highest BCUT2D eigenvalue weighted by atomic mass is 79.9. The Morgan fingerprint density at radius 3 is 2.60 bits per heavy atom.